The highest BCUT2D eigenvalue weighted by molar-refractivity contribution is 7.07. The van der Waals surface area contributed by atoms with Gasteiger partial charge in [0.25, 0.3) is 0 Å². The van der Waals surface area contributed by atoms with Gasteiger partial charge in [0, 0.05) is 18.8 Å². The summed E-state index contributed by atoms with van der Waals surface area (Å²) in [5.74, 6) is 0.906. The van der Waals surface area contributed by atoms with Crippen LogP contribution >= 0.6 is 11.3 Å². The van der Waals surface area contributed by atoms with Gasteiger partial charge in [-0.05, 0) is 38.3 Å². The fourth-order valence-electron chi connectivity index (χ4n) is 2.34. The van der Waals surface area contributed by atoms with E-state index < -0.39 is 0 Å². The third-order valence-corrected chi connectivity index (χ3v) is 4.11. The zero-order valence-corrected chi connectivity index (χ0v) is 11.7. The van der Waals surface area contributed by atoms with Crippen LogP contribution in [0.4, 0.5) is 0 Å². The number of nitrogens with zero attached hydrogens (tertiary/aromatic N) is 2. The lowest BCUT2D eigenvalue weighted by Gasteiger charge is -2.23. The lowest BCUT2D eigenvalue weighted by atomic mass is 9.94. The van der Waals surface area contributed by atoms with Crippen LogP contribution in [0.15, 0.2) is 10.9 Å². The van der Waals surface area contributed by atoms with Crippen LogP contribution in [0.2, 0.25) is 0 Å². The van der Waals surface area contributed by atoms with Crippen LogP contribution in [0.25, 0.3) is 0 Å². The minimum absolute atomic E-state index is 0.230. The van der Waals surface area contributed by atoms with E-state index in [-0.39, 0.29) is 5.91 Å². The number of carbonyl (C=O) groups is 1. The Morgan fingerprint density at radius 3 is 3.22 bits per heavy atom. The van der Waals surface area contributed by atoms with Gasteiger partial charge in [-0.2, -0.15) is 0 Å². The smallest absolute Gasteiger partial charge is 0.222 e. The Balaban J connectivity index is 1.70. The van der Waals surface area contributed by atoms with E-state index in [4.69, 9.17) is 0 Å². The van der Waals surface area contributed by atoms with Crippen molar-refractivity contribution in [3.8, 4) is 0 Å². The predicted molar refractivity (Wildman–Crippen MR) is 73.4 cm³/mol. The van der Waals surface area contributed by atoms with E-state index >= 15 is 0 Å². The maximum absolute atomic E-state index is 12.0. The quantitative estimate of drug-likeness (QED) is 0.886. The van der Waals surface area contributed by atoms with Crippen molar-refractivity contribution in [3.63, 3.8) is 0 Å². The molecule has 0 aliphatic carbocycles. The molecular weight excluding hydrogens is 246 g/mol. The molecule has 1 aliphatic heterocycles. The van der Waals surface area contributed by atoms with Gasteiger partial charge in [-0.15, -0.1) is 11.3 Å². The normalized spacial score (nSPS) is 19.7. The zero-order chi connectivity index (χ0) is 12.8. The Kier molecular flexibility index (Phi) is 5.13. The fraction of sp³-hybridized carbons (Fsp3) is 0.692. The highest BCUT2D eigenvalue weighted by Crippen LogP contribution is 2.16. The van der Waals surface area contributed by atoms with Crippen LogP contribution in [0.3, 0.4) is 0 Å². The second-order valence-corrected chi connectivity index (χ2v) is 5.70. The lowest BCUT2D eigenvalue weighted by molar-refractivity contribution is -0.130. The molecule has 0 radical (unpaired) electrons. The summed E-state index contributed by atoms with van der Waals surface area (Å²) >= 11 is 1.57. The van der Waals surface area contributed by atoms with Crippen molar-refractivity contribution >= 4 is 17.2 Å². The van der Waals surface area contributed by atoms with Crippen molar-refractivity contribution in [2.45, 2.75) is 32.2 Å². The first-order chi connectivity index (χ1) is 8.75. The molecule has 100 valence electrons. The van der Waals surface area contributed by atoms with Gasteiger partial charge in [-0.1, -0.05) is 0 Å². The number of nitrogens with one attached hydrogen (secondary N) is 1. The first-order valence-electron chi connectivity index (χ1n) is 6.57. The van der Waals surface area contributed by atoms with Crippen molar-refractivity contribution in [1.29, 1.82) is 0 Å². The van der Waals surface area contributed by atoms with Crippen LogP contribution in [0.5, 0.6) is 0 Å². The third kappa shape index (κ3) is 4.07. The highest BCUT2D eigenvalue weighted by atomic mass is 32.1. The van der Waals surface area contributed by atoms with Gasteiger partial charge < -0.3 is 10.2 Å². The molecule has 1 fully saturated rings. The molecule has 1 amide bonds. The number of aromatic nitrogens is 1. The Bertz CT molecular complexity index is 360. The minimum Gasteiger partial charge on any atom is -0.340 e. The molecule has 1 aromatic heterocycles. The predicted octanol–water partition coefficient (Wildman–Crippen LogP) is 1.88. The molecule has 2 heterocycles. The van der Waals surface area contributed by atoms with Crippen LogP contribution < -0.4 is 5.32 Å². The zero-order valence-electron chi connectivity index (χ0n) is 10.9. The van der Waals surface area contributed by atoms with Crippen LogP contribution in [0.1, 0.15) is 31.4 Å². The molecule has 18 heavy (non-hydrogen) atoms. The van der Waals surface area contributed by atoms with E-state index in [1.807, 2.05) is 12.4 Å². The summed E-state index contributed by atoms with van der Waals surface area (Å²) < 4.78 is 0. The Morgan fingerprint density at radius 2 is 2.56 bits per heavy atom. The molecule has 1 aromatic rings. The molecule has 0 aromatic carbocycles. The summed E-state index contributed by atoms with van der Waals surface area (Å²) in [5.41, 5.74) is 2.79. The standard InChI is InChI=1S/C13H21N3OS/c1-16(8-12-9-18-10-15-12)13(17)5-4-11-3-2-6-14-7-11/h9-11,14H,2-8H2,1H3. The average Bonchev–Trinajstić information content (AvgIpc) is 2.90. The number of piperidine rings is 1. The molecule has 1 aliphatic rings. The van der Waals surface area contributed by atoms with Crippen LogP contribution in [-0.2, 0) is 11.3 Å². The van der Waals surface area contributed by atoms with E-state index in [9.17, 15) is 4.79 Å². The van der Waals surface area contributed by atoms with Gasteiger partial charge in [0.15, 0.2) is 0 Å². The SMILES string of the molecule is CN(Cc1cscn1)C(=O)CCC1CCCNC1. The minimum atomic E-state index is 0.230. The van der Waals surface area contributed by atoms with Crippen LogP contribution in [-0.4, -0.2) is 35.9 Å². The summed E-state index contributed by atoms with van der Waals surface area (Å²) in [6.07, 6.45) is 4.17. The number of thiazole rings is 1. The Labute approximate surface area is 112 Å². The van der Waals surface area contributed by atoms with E-state index in [2.05, 4.69) is 10.3 Å². The topological polar surface area (TPSA) is 45.2 Å². The third-order valence-electron chi connectivity index (χ3n) is 3.47. The first-order valence-corrected chi connectivity index (χ1v) is 7.51. The Morgan fingerprint density at radius 1 is 1.67 bits per heavy atom. The van der Waals surface area contributed by atoms with E-state index in [1.165, 1.54) is 12.8 Å². The van der Waals surface area contributed by atoms with Crippen molar-refractivity contribution < 1.29 is 4.79 Å². The van der Waals surface area contributed by atoms with Crippen LogP contribution in [0, 0.1) is 5.92 Å². The first kappa shape index (κ1) is 13.5. The molecule has 1 N–H and O–H groups in total. The fourth-order valence-corrected chi connectivity index (χ4v) is 2.89. The second kappa shape index (κ2) is 6.85. The van der Waals surface area contributed by atoms with E-state index in [0.717, 1.165) is 25.2 Å². The summed E-state index contributed by atoms with van der Waals surface area (Å²) in [4.78, 5) is 18.0. The van der Waals surface area contributed by atoms with Gasteiger partial charge >= 0.3 is 0 Å². The maximum atomic E-state index is 12.0. The largest absolute Gasteiger partial charge is 0.340 e. The molecule has 0 spiro atoms. The maximum Gasteiger partial charge on any atom is 0.222 e. The average molecular weight is 267 g/mol. The van der Waals surface area contributed by atoms with Crippen molar-refractivity contribution in [2.75, 3.05) is 20.1 Å². The number of hydrogen-bond acceptors (Lipinski definition) is 4. The molecule has 1 atom stereocenters. The van der Waals surface area contributed by atoms with Gasteiger partial charge in [0.05, 0.1) is 17.7 Å². The van der Waals surface area contributed by atoms with Crippen molar-refractivity contribution in [1.82, 2.24) is 15.2 Å². The molecule has 5 heteroatoms. The van der Waals surface area contributed by atoms with E-state index in [1.54, 1.807) is 21.7 Å². The second-order valence-electron chi connectivity index (χ2n) is 4.98. The monoisotopic (exact) mass is 267 g/mol. The number of hydrogen-bond donors (Lipinski definition) is 1. The molecule has 4 nitrogen and oxygen atoms in total. The molecule has 0 saturated carbocycles. The summed E-state index contributed by atoms with van der Waals surface area (Å²) in [7, 11) is 1.86. The summed E-state index contributed by atoms with van der Waals surface area (Å²) in [5, 5.41) is 5.39. The number of carbonyl (C=O) groups excluding carboxylic acids is 1. The molecule has 0 bridgehead atoms. The molecule has 1 saturated heterocycles. The van der Waals surface area contributed by atoms with Gasteiger partial charge in [-0.25, -0.2) is 4.98 Å². The highest BCUT2D eigenvalue weighted by Gasteiger charge is 2.16. The molecule has 2 rings (SSSR count). The van der Waals surface area contributed by atoms with E-state index in [0.29, 0.717) is 18.9 Å². The van der Waals surface area contributed by atoms with Gasteiger partial charge in [-0.3, -0.25) is 4.79 Å². The van der Waals surface area contributed by atoms with Crippen molar-refractivity contribution in [2.24, 2.45) is 5.92 Å². The number of rotatable bonds is 5. The van der Waals surface area contributed by atoms with Gasteiger partial charge in [0.1, 0.15) is 0 Å². The van der Waals surface area contributed by atoms with Gasteiger partial charge in [0.2, 0.25) is 5.91 Å². The lowest BCUT2D eigenvalue weighted by Crippen LogP contribution is -2.31. The summed E-state index contributed by atoms with van der Waals surface area (Å²) in [6.45, 7) is 2.84. The molecule has 1 unspecified atom stereocenters. The van der Waals surface area contributed by atoms with Crippen molar-refractivity contribution in [3.05, 3.63) is 16.6 Å². The molecular formula is C13H21N3OS. The Hall–Kier alpha value is -0.940. The summed E-state index contributed by atoms with van der Waals surface area (Å²) in [6, 6.07) is 0. The number of amides is 1.